The van der Waals surface area contributed by atoms with Gasteiger partial charge in [0.1, 0.15) is 6.54 Å². The highest BCUT2D eigenvalue weighted by molar-refractivity contribution is 5.72. The fourth-order valence-electron chi connectivity index (χ4n) is 0.828. The van der Waals surface area contributed by atoms with Crippen LogP contribution in [-0.4, -0.2) is 64.2 Å². The SMILES string of the molecule is C=NC.CC(=O)NCC[N+](C)(C)CC=O. The molecule has 5 nitrogen and oxygen atoms in total. The summed E-state index contributed by atoms with van der Waals surface area (Å²) in [7, 11) is 5.55. The zero-order valence-corrected chi connectivity index (χ0v) is 10.1. The van der Waals surface area contributed by atoms with Crippen LogP contribution in [0.5, 0.6) is 0 Å². The second kappa shape index (κ2) is 9.33. The van der Waals surface area contributed by atoms with Crippen LogP contribution in [0.3, 0.4) is 0 Å². The minimum Gasteiger partial charge on any atom is -0.351 e. The van der Waals surface area contributed by atoms with E-state index in [2.05, 4.69) is 17.0 Å². The van der Waals surface area contributed by atoms with Crippen LogP contribution >= 0.6 is 0 Å². The Labute approximate surface area is 91.8 Å². The number of amides is 1. The molecule has 0 atom stereocenters. The number of hydrogen-bond donors (Lipinski definition) is 1. The molecule has 1 amide bonds. The van der Waals surface area contributed by atoms with Gasteiger partial charge in [0, 0.05) is 14.0 Å². The number of nitrogens with one attached hydrogen (secondary N) is 1. The molecule has 0 saturated heterocycles. The number of nitrogens with zero attached hydrogens (tertiary/aromatic N) is 2. The number of aliphatic imine (C=N–C) groups is 1. The van der Waals surface area contributed by atoms with E-state index in [4.69, 9.17) is 0 Å². The summed E-state index contributed by atoms with van der Waals surface area (Å²) >= 11 is 0. The molecule has 88 valence electrons. The molecule has 0 radical (unpaired) electrons. The van der Waals surface area contributed by atoms with Gasteiger partial charge in [0.2, 0.25) is 5.91 Å². The average molecular weight is 216 g/mol. The number of aldehydes is 1. The number of carbonyl (C=O) groups excluding carboxylic acids is 2. The van der Waals surface area contributed by atoms with Gasteiger partial charge in [0.15, 0.2) is 6.29 Å². The summed E-state index contributed by atoms with van der Waals surface area (Å²) in [5.41, 5.74) is 0. The van der Waals surface area contributed by atoms with Crippen LogP contribution in [0.1, 0.15) is 6.92 Å². The summed E-state index contributed by atoms with van der Waals surface area (Å²) in [4.78, 5) is 24.0. The summed E-state index contributed by atoms with van der Waals surface area (Å²) in [6.07, 6.45) is 0.897. The summed E-state index contributed by atoms with van der Waals surface area (Å²) in [6.45, 7) is 6.48. The quantitative estimate of drug-likeness (QED) is 0.390. The predicted molar refractivity (Wildman–Crippen MR) is 62.1 cm³/mol. The zero-order valence-electron chi connectivity index (χ0n) is 10.1. The smallest absolute Gasteiger partial charge is 0.217 e. The summed E-state index contributed by atoms with van der Waals surface area (Å²) in [5, 5.41) is 2.69. The summed E-state index contributed by atoms with van der Waals surface area (Å²) in [5.74, 6) is -0.0268. The monoisotopic (exact) mass is 216 g/mol. The molecule has 5 heteroatoms. The second-order valence-electron chi connectivity index (χ2n) is 3.81. The van der Waals surface area contributed by atoms with E-state index in [1.165, 1.54) is 6.92 Å². The van der Waals surface area contributed by atoms with Crippen molar-refractivity contribution in [2.45, 2.75) is 6.92 Å². The Balaban J connectivity index is 0. The van der Waals surface area contributed by atoms with Crippen molar-refractivity contribution < 1.29 is 14.1 Å². The zero-order chi connectivity index (χ0) is 12.3. The van der Waals surface area contributed by atoms with Gasteiger partial charge in [-0.15, -0.1) is 0 Å². The first-order chi connectivity index (χ1) is 6.89. The summed E-state index contributed by atoms with van der Waals surface area (Å²) < 4.78 is 0.615. The molecule has 0 spiro atoms. The second-order valence-corrected chi connectivity index (χ2v) is 3.81. The van der Waals surface area contributed by atoms with Crippen LogP contribution in [0.2, 0.25) is 0 Å². The Kier molecular flexibility index (Phi) is 10.1. The van der Waals surface area contributed by atoms with E-state index in [1.54, 1.807) is 7.05 Å². The molecule has 0 aliphatic heterocycles. The summed E-state index contributed by atoms with van der Waals surface area (Å²) in [6, 6.07) is 0. The Morgan fingerprint density at radius 2 is 2.00 bits per heavy atom. The molecular weight excluding hydrogens is 194 g/mol. The Bertz CT molecular complexity index is 203. The molecule has 0 aliphatic rings. The van der Waals surface area contributed by atoms with Gasteiger partial charge >= 0.3 is 0 Å². The van der Waals surface area contributed by atoms with Gasteiger partial charge in [-0.2, -0.15) is 0 Å². The maximum Gasteiger partial charge on any atom is 0.217 e. The molecular formula is C10H22N3O2+. The van der Waals surface area contributed by atoms with E-state index < -0.39 is 0 Å². The van der Waals surface area contributed by atoms with E-state index >= 15 is 0 Å². The lowest BCUT2D eigenvalue weighted by molar-refractivity contribution is -0.880. The van der Waals surface area contributed by atoms with Crippen LogP contribution in [0.4, 0.5) is 0 Å². The third kappa shape index (κ3) is 15.5. The number of likely N-dealkylation sites (N-methyl/N-ethyl adjacent to an activating group) is 1. The topological polar surface area (TPSA) is 58.5 Å². The van der Waals surface area contributed by atoms with Crippen molar-refractivity contribution in [1.29, 1.82) is 0 Å². The minimum atomic E-state index is -0.0268. The lowest BCUT2D eigenvalue weighted by Gasteiger charge is -2.27. The van der Waals surface area contributed by atoms with Gasteiger partial charge in [-0.1, -0.05) is 0 Å². The van der Waals surface area contributed by atoms with Gasteiger partial charge in [-0.3, -0.25) is 9.59 Å². The van der Waals surface area contributed by atoms with E-state index in [9.17, 15) is 9.59 Å². The molecule has 0 fully saturated rings. The van der Waals surface area contributed by atoms with Crippen LogP contribution in [0, 0.1) is 0 Å². The van der Waals surface area contributed by atoms with Crippen molar-refractivity contribution in [3.63, 3.8) is 0 Å². The molecule has 0 saturated carbocycles. The largest absolute Gasteiger partial charge is 0.351 e. The van der Waals surface area contributed by atoms with E-state index in [1.807, 2.05) is 14.1 Å². The fourth-order valence-corrected chi connectivity index (χ4v) is 0.828. The number of hydrogen-bond acceptors (Lipinski definition) is 3. The van der Waals surface area contributed by atoms with Crippen LogP contribution < -0.4 is 5.32 Å². The molecule has 0 bridgehead atoms. The van der Waals surface area contributed by atoms with Crippen LogP contribution in [-0.2, 0) is 9.59 Å². The highest BCUT2D eigenvalue weighted by Crippen LogP contribution is 1.91. The van der Waals surface area contributed by atoms with Crippen molar-refractivity contribution in [3.05, 3.63) is 0 Å². The molecule has 0 heterocycles. The standard InChI is InChI=1S/C8H16N2O2.C2H5N/c1-8(12)9-4-5-10(2,3)6-7-11;1-3-2/h7H,4-6H2,1-3H3;1H2,2H3/p+1. The van der Waals surface area contributed by atoms with Gasteiger partial charge in [0.05, 0.1) is 27.2 Å². The lowest BCUT2D eigenvalue weighted by Crippen LogP contribution is -2.46. The first kappa shape index (κ1) is 16.2. The molecule has 0 unspecified atom stereocenters. The first-order valence-corrected chi connectivity index (χ1v) is 4.74. The van der Waals surface area contributed by atoms with E-state index in [0.717, 1.165) is 12.8 Å². The van der Waals surface area contributed by atoms with E-state index in [0.29, 0.717) is 17.6 Å². The Hall–Kier alpha value is -1.23. The maximum atomic E-state index is 10.5. The number of quaternary nitrogens is 1. The molecule has 0 aromatic carbocycles. The fraction of sp³-hybridized carbons (Fsp3) is 0.700. The van der Waals surface area contributed by atoms with Gasteiger partial charge < -0.3 is 14.8 Å². The molecule has 0 aromatic heterocycles. The minimum absolute atomic E-state index is 0.0268. The van der Waals surface area contributed by atoms with Crippen molar-refractivity contribution in [1.82, 2.24) is 5.32 Å². The maximum absolute atomic E-state index is 10.5. The molecule has 0 rings (SSSR count). The average Bonchev–Trinajstić information content (AvgIpc) is 2.03. The van der Waals surface area contributed by atoms with Crippen molar-refractivity contribution in [2.24, 2.45) is 4.99 Å². The molecule has 0 aromatic rings. The van der Waals surface area contributed by atoms with Crippen molar-refractivity contribution >= 4 is 18.9 Å². The third-order valence-corrected chi connectivity index (χ3v) is 1.66. The normalized spacial score (nSPS) is 9.60. The lowest BCUT2D eigenvalue weighted by atomic mass is 10.4. The molecule has 0 aliphatic carbocycles. The van der Waals surface area contributed by atoms with Crippen molar-refractivity contribution in [2.75, 3.05) is 40.8 Å². The Morgan fingerprint density at radius 3 is 2.33 bits per heavy atom. The molecule has 1 N–H and O–H groups in total. The Morgan fingerprint density at radius 1 is 1.53 bits per heavy atom. The van der Waals surface area contributed by atoms with Crippen LogP contribution in [0.15, 0.2) is 4.99 Å². The van der Waals surface area contributed by atoms with Gasteiger partial charge in [0.25, 0.3) is 0 Å². The van der Waals surface area contributed by atoms with Gasteiger partial charge in [-0.25, -0.2) is 0 Å². The van der Waals surface area contributed by atoms with Gasteiger partial charge in [-0.05, 0) is 6.72 Å². The highest BCUT2D eigenvalue weighted by Gasteiger charge is 2.12. The number of carbonyl (C=O) groups is 2. The predicted octanol–water partition coefficient (Wildman–Crippen LogP) is -0.285. The number of rotatable bonds is 5. The highest BCUT2D eigenvalue weighted by atomic mass is 16.1. The first-order valence-electron chi connectivity index (χ1n) is 4.74. The van der Waals surface area contributed by atoms with E-state index in [-0.39, 0.29) is 5.91 Å². The van der Waals surface area contributed by atoms with Crippen LogP contribution in [0.25, 0.3) is 0 Å². The molecule has 15 heavy (non-hydrogen) atoms. The van der Waals surface area contributed by atoms with Crippen molar-refractivity contribution in [3.8, 4) is 0 Å². The third-order valence-electron chi connectivity index (χ3n) is 1.66.